The molecule has 1 aromatic carbocycles. The van der Waals surface area contributed by atoms with Crippen LogP contribution in [0.15, 0.2) is 41.5 Å². The first-order chi connectivity index (χ1) is 13.1. The smallest absolute Gasteiger partial charge is 0.187 e. The van der Waals surface area contributed by atoms with Gasteiger partial charge >= 0.3 is 0 Å². The van der Waals surface area contributed by atoms with Crippen LogP contribution >= 0.6 is 11.6 Å². The molecule has 0 saturated carbocycles. The topological polar surface area (TPSA) is 94.4 Å². The number of anilines is 1. The Morgan fingerprint density at radius 3 is 2.96 bits per heavy atom. The zero-order valence-electron chi connectivity index (χ0n) is 14.9. The Bertz CT molecular complexity index is 892. The van der Waals surface area contributed by atoms with Gasteiger partial charge in [0, 0.05) is 23.8 Å². The maximum atomic E-state index is 9.52. The van der Waals surface area contributed by atoms with Crippen molar-refractivity contribution in [1.29, 1.82) is 5.26 Å². The van der Waals surface area contributed by atoms with Gasteiger partial charge in [0.1, 0.15) is 12.4 Å². The lowest BCUT2D eigenvalue weighted by molar-refractivity contribution is 0.175. The Labute approximate surface area is 163 Å². The maximum Gasteiger partial charge on any atom is 0.187 e. The highest BCUT2D eigenvalue weighted by Gasteiger charge is 2.39. The number of nitrogens with two attached hydrogens (primary N) is 1. The van der Waals surface area contributed by atoms with Crippen LogP contribution in [0.1, 0.15) is 24.1 Å². The van der Waals surface area contributed by atoms with Gasteiger partial charge in [0.2, 0.25) is 0 Å². The first-order valence-electron chi connectivity index (χ1n) is 9.03. The maximum absolute atomic E-state index is 9.52. The number of piperidine rings is 1. The Hall–Kier alpha value is -2.53. The van der Waals surface area contributed by atoms with Crippen LogP contribution < -0.4 is 16.5 Å². The summed E-state index contributed by atoms with van der Waals surface area (Å²) in [4.78, 5) is 7.16. The van der Waals surface area contributed by atoms with E-state index in [9.17, 15) is 5.26 Å². The molecule has 1 unspecified atom stereocenters. The van der Waals surface area contributed by atoms with Crippen molar-refractivity contribution in [2.75, 3.05) is 30.4 Å². The molecule has 27 heavy (non-hydrogen) atoms. The van der Waals surface area contributed by atoms with Gasteiger partial charge in [-0.3, -0.25) is 15.0 Å². The summed E-state index contributed by atoms with van der Waals surface area (Å²) in [6.07, 6.45) is 5.58. The fraction of sp³-hybridized carbons (Fsp3) is 0.368. The van der Waals surface area contributed by atoms with E-state index in [-0.39, 0.29) is 6.04 Å². The van der Waals surface area contributed by atoms with Gasteiger partial charge < -0.3 is 11.1 Å². The van der Waals surface area contributed by atoms with E-state index in [2.05, 4.69) is 21.7 Å². The predicted molar refractivity (Wildman–Crippen MR) is 107 cm³/mol. The molecule has 2 aromatic rings. The molecule has 140 valence electrons. The minimum absolute atomic E-state index is 0.267. The highest BCUT2D eigenvalue weighted by Crippen LogP contribution is 2.33. The third kappa shape index (κ3) is 3.52. The number of benzene rings is 1. The summed E-state index contributed by atoms with van der Waals surface area (Å²) in [6, 6.07) is 11.7. The van der Waals surface area contributed by atoms with Crippen LogP contribution in [0, 0.1) is 11.3 Å². The molecule has 1 atom stereocenters. The van der Waals surface area contributed by atoms with Crippen LogP contribution in [0.4, 0.5) is 5.69 Å². The summed E-state index contributed by atoms with van der Waals surface area (Å²) in [5.74, 6) is 0. The van der Waals surface area contributed by atoms with Crippen molar-refractivity contribution in [3.05, 3.63) is 52.8 Å². The third-order valence-electron chi connectivity index (χ3n) is 5.18. The van der Waals surface area contributed by atoms with Crippen molar-refractivity contribution < 1.29 is 0 Å². The summed E-state index contributed by atoms with van der Waals surface area (Å²) >= 11 is 6.19. The van der Waals surface area contributed by atoms with E-state index < -0.39 is 5.66 Å². The standard InChI is InChI=1S/C19H22ClN7/c20-15-4-3-14(11-21)17(10-15)25-19(12-26-8-5-16(22)6-9-26)18-2-1-7-27(18)24-13-23-19/h1-4,7,10,13,16,25H,5-6,8-9,12,22H2,(H,23,24). The zero-order chi connectivity index (χ0) is 18.9. The average molecular weight is 384 g/mol. The van der Waals surface area contributed by atoms with E-state index >= 15 is 0 Å². The number of fused-ring (bicyclic) bond motifs is 1. The van der Waals surface area contributed by atoms with E-state index in [1.807, 2.05) is 23.0 Å². The molecule has 1 fully saturated rings. The molecule has 1 aromatic heterocycles. The molecule has 4 rings (SSSR count). The van der Waals surface area contributed by atoms with Gasteiger partial charge in [-0.2, -0.15) is 5.26 Å². The van der Waals surface area contributed by atoms with Crippen molar-refractivity contribution in [2.45, 2.75) is 24.5 Å². The van der Waals surface area contributed by atoms with Crippen LogP contribution in [0.3, 0.4) is 0 Å². The number of hydrogen-bond acceptors (Lipinski definition) is 6. The highest BCUT2D eigenvalue weighted by atomic mass is 35.5. The minimum Gasteiger partial charge on any atom is -0.354 e. The summed E-state index contributed by atoms with van der Waals surface area (Å²) in [5, 5.41) is 13.6. The molecule has 1 saturated heterocycles. The quantitative estimate of drug-likeness (QED) is 0.753. The molecule has 7 nitrogen and oxygen atoms in total. The van der Waals surface area contributed by atoms with Crippen LogP contribution in [0.2, 0.25) is 5.02 Å². The number of aromatic nitrogens is 1. The first-order valence-corrected chi connectivity index (χ1v) is 9.41. The SMILES string of the molecule is N#Cc1ccc(Cl)cc1NC1(CN2CCC(N)CC2)N=CNn2cccc21. The Kier molecular flexibility index (Phi) is 4.79. The van der Waals surface area contributed by atoms with Crippen LogP contribution in [0.25, 0.3) is 0 Å². The van der Waals surface area contributed by atoms with Crippen LogP contribution in [-0.2, 0) is 5.66 Å². The van der Waals surface area contributed by atoms with Crippen molar-refractivity contribution in [3.63, 3.8) is 0 Å². The minimum atomic E-state index is -0.730. The molecule has 0 aliphatic carbocycles. The molecule has 0 amide bonds. The number of likely N-dealkylation sites (tertiary alicyclic amines) is 1. The first kappa shape index (κ1) is 17.9. The van der Waals surface area contributed by atoms with Crippen molar-refractivity contribution in [3.8, 4) is 6.07 Å². The fourth-order valence-corrected chi connectivity index (χ4v) is 3.90. The molecule has 8 heteroatoms. The molecule has 2 aliphatic heterocycles. The lowest BCUT2D eigenvalue weighted by Crippen LogP contribution is -2.52. The monoisotopic (exact) mass is 383 g/mol. The molecule has 4 N–H and O–H groups in total. The molecule has 0 radical (unpaired) electrons. The van der Waals surface area contributed by atoms with Gasteiger partial charge in [0.05, 0.1) is 16.9 Å². The second-order valence-corrected chi connectivity index (χ2v) is 7.49. The molecule has 0 spiro atoms. The van der Waals surface area contributed by atoms with Crippen LogP contribution in [-0.4, -0.2) is 41.6 Å². The normalized spacial score (nSPS) is 22.7. The van der Waals surface area contributed by atoms with Gasteiger partial charge in [0.25, 0.3) is 0 Å². The van der Waals surface area contributed by atoms with Crippen molar-refractivity contribution in [2.24, 2.45) is 10.7 Å². The van der Waals surface area contributed by atoms with E-state index in [0.717, 1.165) is 31.6 Å². The molecule has 2 aliphatic rings. The number of nitriles is 1. The summed E-state index contributed by atoms with van der Waals surface area (Å²) in [7, 11) is 0. The summed E-state index contributed by atoms with van der Waals surface area (Å²) < 4.78 is 1.94. The second kappa shape index (κ2) is 7.24. The van der Waals surface area contributed by atoms with Gasteiger partial charge in [-0.25, -0.2) is 4.99 Å². The van der Waals surface area contributed by atoms with Crippen molar-refractivity contribution >= 4 is 23.6 Å². The third-order valence-corrected chi connectivity index (χ3v) is 5.42. The van der Waals surface area contributed by atoms with Gasteiger partial charge in [-0.1, -0.05) is 11.6 Å². The van der Waals surface area contributed by atoms with Crippen molar-refractivity contribution in [1.82, 2.24) is 9.58 Å². The molecule has 0 bridgehead atoms. The van der Waals surface area contributed by atoms with E-state index in [4.69, 9.17) is 22.3 Å². The summed E-state index contributed by atoms with van der Waals surface area (Å²) in [6.45, 7) is 2.52. The second-order valence-electron chi connectivity index (χ2n) is 7.05. The fourth-order valence-electron chi connectivity index (χ4n) is 3.73. The number of aliphatic imine (C=N–C) groups is 1. The zero-order valence-corrected chi connectivity index (χ0v) is 15.7. The number of nitrogens with zero attached hydrogens (tertiary/aromatic N) is 4. The van der Waals surface area contributed by atoms with Crippen LogP contribution in [0.5, 0.6) is 0 Å². The number of halogens is 1. The lowest BCUT2D eigenvalue weighted by Gasteiger charge is -2.41. The van der Waals surface area contributed by atoms with E-state index in [1.165, 1.54) is 0 Å². The number of hydrogen-bond donors (Lipinski definition) is 3. The number of nitrogens with one attached hydrogen (secondary N) is 2. The summed E-state index contributed by atoms with van der Waals surface area (Å²) in [5.41, 5.74) is 10.6. The van der Waals surface area contributed by atoms with E-state index in [0.29, 0.717) is 22.8 Å². The van der Waals surface area contributed by atoms with Gasteiger partial charge in [-0.15, -0.1) is 0 Å². The van der Waals surface area contributed by atoms with Gasteiger partial charge in [-0.05, 0) is 56.3 Å². The molecular formula is C19H22ClN7. The average Bonchev–Trinajstić information content (AvgIpc) is 3.14. The number of rotatable bonds is 4. The Balaban J connectivity index is 1.72. The lowest BCUT2D eigenvalue weighted by atomic mass is 10.00. The molecular weight excluding hydrogens is 362 g/mol. The Morgan fingerprint density at radius 2 is 2.19 bits per heavy atom. The largest absolute Gasteiger partial charge is 0.354 e. The van der Waals surface area contributed by atoms with Gasteiger partial charge in [0.15, 0.2) is 5.66 Å². The Morgan fingerprint density at radius 1 is 1.37 bits per heavy atom. The highest BCUT2D eigenvalue weighted by molar-refractivity contribution is 6.30. The van der Waals surface area contributed by atoms with E-state index in [1.54, 1.807) is 24.5 Å². The molecule has 3 heterocycles. The predicted octanol–water partition coefficient (Wildman–Crippen LogP) is 2.29.